The van der Waals surface area contributed by atoms with Gasteiger partial charge in [0.2, 0.25) is 5.91 Å². The van der Waals surface area contributed by atoms with E-state index >= 15 is 0 Å². The highest BCUT2D eigenvalue weighted by Crippen LogP contribution is 2.29. The molecule has 3 rings (SSSR count). The molecule has 1 N–H and O–H groups in total. The lowest BCUT2D eigenvalue weighted by Crippen LogP contribution is -2.25. The summed E-state index contributed by atoms with van der Waals surface area (Å²) < 4.78 is 5.25. The van der Waals surface area contributed by atoms with Crippen molar-refractivity contribution in [1.29, 1.82) is 0 Å². The average molecular weight is 360 g/mol. The van der Waals surface area contributed by atoms with Crippen molar-refractivity contribution >= 4 is 5.91 Å². The standard InChI is InChI=1S/C23H24N2O2/c1-17-15-24-13-12-20(17)16-25-23(26)14-22(18-6-4-3-5-7-18)19-8-10-21(27-2)11-9-19/h3-13,15,22H,14,16H2,1-2H3,(H,25,26)/t22-/m0/s1. The molecule has 0 unspecified atom stereocenters. The number of nitrogens with zero attached hydrogens (tertiary/aromatic N) is 1. The summed E-state index contributed by atoms with van der Waals surface area (Å²) in [6, 6.07) is 20.0. The molecule has 0 aliphatic heterocycles. The van der Waals surface area contributed by atoms with Crippen LogP contribution in [0.5, 0.6) is 5.75 Å². The van der Waals surface area contributed by atoms with Crippen LogP contribution in [0.2, 0.25) is 0 Å². The molecule has 1 heterocycles. The zero-order valence-electron chi connectivity index (χ0n) is 15.7. The lowest BCUT2D eigenvalue weighted by Gasteiger charge is -2.18. The molecule has 0 aliphatic carbocycles. The van der Waals surface area contributed by atoms with Crippen molar-refractivity contribution in [2.24, 2.45) is 0 Å². The topological polar surface area (TPSA) is 51.2 Å². The van der Waals surface area contributed by atoms with Gasteiger partial charge in [-0.25, -0.2) is 0 Å². The van der Waals surface area contributed by atoms with Crippen molar-refractivity contribution < 1.29 is 9.53 Å². The quantitative estimate of drug-likeness (QED) is 0.686. The Bertz CT molecular complexity index is 876. The zero-order valence-corrected chi connectivity index (χ0v) is 15.7. The second-order valence-corrected chi connectivity index (χ2v) is 6.52. The van der Waals surface area contributed by atoms with Crippen LogP contribution < -0.4 is 10.1 Å². The van der Waals surface area contributed by atoms with Gasteiger partial charge in [-0.05, 0) is 47.4 Å². The van der Waals surface area contributed by atoms with E-state index in [1.807, 2.05) is 61.7 Å². The van der Waals surface area contributed by atoms with Gasteiger partial charge in [0, 0.05) is 31.3 Å². The number of nitrogens with one attached hydrogen (secondary N) is 1. The highest BCUT2D eigenvalue weighted by Gasteiger charge is 2.18. The first-order valence-electron chi connectivity index (χ1n) is 9.02. The maximum atomic E-state index is 12.7. The summed E-state index contributed by atoms with van der Waals surface area (Å²) in [6.45, 7) is 2.51. The molecule has 0 bridgehead atoms. The predicted octanol–water partition coefficient (Wildman–Crippen LogP) is 4.24. The third-order valence-electron chi connectivity index (χ3n) is 4.72. The summed E-state index contributed by atoms with van der Waals surface area (Å²) in [7, 11) is 1.65. The van der Waals surface area contributed by atoms with Gasteiger partial charge in [-0.2, -0.15) is 0 Å². The van der Waals surface area contributed by atoms with Crippen molar-refractivity contribution in [3.8, 4) is 5.75 Å². The number of methoxy groups -OCH3 is 1. The van der Waals surface area contributed by atoms with Crippen LogP contribution in [-0.2, 0) is 11.3 Å². The number of aryl methyl sites for hydroxylation is 1. The van der Waals surface area contributed by atoms with E-state index in [9.17, 15) is 4.79 Å². The molecule has 0 saturated carbocycles. The van der Waals surface area contributed by atoms with Gasteiger partial charge in [0.05, 0.1) is 7.11 Å². The molecule has 0 spiro atoms. The van der Waals surface area contributed by atoms with E-state index in [2.05, 4.69) is 22.4 Å². The van der Waals surface area contributed by atoms with Crippen LogP contribution >= 0.6 is 0 Å². The number of carbonyl (C=O) groups excluding carboxylic acids is 1. The van der Waals surface area contributed by atoms with Gasteiger partial charge < -0.3 is 10.1 Å². The van der Waals surface area contributed by atoms with Crippen LogP contribution in [0.1, 0.15) is 34.6 Å². The number of pyridine rings is 1. The number of benzene rings is 2. The first-order chi connectivity index (χ1) is 13.2. The fraction of sp³-hybridized carbons (Fsp3) is 0.217. The maximum absolute atomic E-state index is 12.7. The van der Waals surface area contributed by atoms with Crippen LogP contribution in [0, 0.1) is 6.92 Å². The number of amides is 1. The van der Waals surface area contributed by atoms with E-state index in [1.165, 1.54) is 0 Å². The van der Waals surface area contributed by atoms with Gasteiger partial charge >= 0.3 is 0 Å². The molecular formula is C23H24N2O2. The van der Waals surface area contributed by atoms with Crippen molar-refractivity contribution in [2.75, 3.05) is 7.11 Å². The van der Waals surface area contributed by atoms with Crippen LogP contribution in [0.15, 0.2) is 73.1 Å². The van der Waals surface area contributed by atoms with Crippen molar-refractivity contribution in [2.45, 2.75) is 25.8 Å². The predicted molar refractivity (Wildman–Crippen MR) is 107 cm³/mol. The molecule has 1 atom stereocenters. The summed E-state index contributed by atoms with van der Waals surface area (Å²) in [6.07, 6.45) is 3.95. The van der Waals surface area contributed by atoms with Gasteiger partial charge in [-0.3, -0.25) is 9.78 Å². The molecule has 4 heteroatoms. The Morgan fingerprint density at radius 2 is 1.74 bits per heavy atom. The fourth-order valence-corrected chi connectivity index (χ4v) is 3.10. The van der Waals surface area contributed by atoms with E-state index in [0.717, 1.165) is 28.0 Å². The first kappa shape index (κ1) is 18.6. The Balaban J connectivity index is 1.74. The lowest BCUT2D eigenvalue weighted by atomic mass is 9.88. The van der Waals surface area contributed by atoms with Crippen LogP contribution in [0.4, 0.5) is 0 Å². The third kappa shape index (κ3) is 4.94. The van der Waals surface area contributed by atoms with E-state index in [4.69, 9.17) is 4.74 Å². The number of carbonyl (C=O) groups is 1. The number of hydrogen-bond acceptors (Lipinski definition) is 3. The van der Waals surface area contributed by atoms with Gasteiger partial charge in [-0.1, -0.05) is 42.5 Å². The Hall–Kier alpha value is -3.14. The summed E-state index contributed by atoms with van der Waals surface area (Å²) in [5.74, 6) is 0.828. The zero-order chi connectivity index (χ0) is 19.1. The minimum Gasteiger partial charge on any atom is -0.497 e. The molecule has 0 aliphatic rings. The maximum Gasteiger partial charge on any atom is 0.221 e. The molecule has 138 valence electrons. The molecule has 1 amide bonds. The molecule has 0 radical (unpaired) electrons. The monoisotopic (exact) mass is 360 g/mol. The normalized spacial score (nSPS) is 11.6. The van der Waals surface area contributed by atoms with Gasteiger partial charge in [0.15, 0.2) is 0 Å². The third-order valence-corrected chi connectivity index (χ3v) is 4.72. The number of hydrogen-bond donors (Lipinski definition) is 1. The van der Waals surface area contributed by atoms with Crippen molar-refractivity contribution in [3.05, 3.63) is 95.3 Å². The lowest BCUT2D eigenvalue weighted by molar-refractivity contribution is -0.121. The second kappa shape index (κ2) is 8.99. The van der Waals surface area contributed by atoms with Gasteiger partial charge in [0.1, 0.15) is 5.75 Å². The van der Waals surface area contributed by atoms with E-state index in [-0.39, 0.29) is 11.8 Å². The SMILES string of the molecule is COc1ccc([C@@H](CC(=O)NCc2ccncc2C)c2ccccc2)cc1. The Kier molecular flexibility index (Phi) is 6.21. The first-order valence-corrected chi connectivity index (χ1v) is 9.02. The van der Waals surface area contributed by atoms with Gasteiger partial charge in [-0.15, -0.1) is 0 Å². The Morgan fingerprint density at radius 1 is 1.04 bits per heavy atom. The van der Waals surface area contributed by atoms with Crippen LogP contribution in [0.3, 0.4) is 0 Å². The molecule has 0 saturated heterocycles. The van der Waals surface area contributed by atoms with Crippen LogP contribution in [-0.4, -0.2) is 18.0 Å². The van der Waals surface area contributed by atoms with E-state index in [1.54, 1.807) is 13.3 Å². The molecule has 1 aromatic heterocycles. The summed E-state index contributed by atoms with van der Waals surface area (Å²) in [4.78, 5) is 16.7. The largest absolute Gasteiger partial charge is 0.497 e. The smallest absolute Gasteiger partial charge is 0.221 e. The van der Waals surface area contributed by atoms with E-state index < -0.39 is 0 Å². The minimum absolute atomic E-state index is 0.00403. The van der Waals surface area contributed by atoms with Crippen molar-refractivity contribution in [3.63, 3.8) is 0 Å². The summed E-state index contributed by atoms with van der Waals surface area (Å²) in [5.41, 5.74) is 4.38. The van der Waals surface area contributed by atoms with Crippen molar-refractivity contribution in [1.82, 2.24) is 10.3 Å². The highest BCUT2D eigenvalue weighted by molar-refractivity contribution is 5.77. The molecule has 4 nitrogen and oxygen atoms in total. The summed E-state index contributed by atoms with van der Waals surface area (Å²) >= 11 is 0. The van der Waals surface area contributed by atoms with Gasteiger partial charge in [0.25, 0.3) is 0 Å². The number of aromatic nitrogens is 1. The Morgan fingerprint density at radius 3 is 2.41 bits per heavy atom. The highest BCUT2D eigenvalue weighted by atomic mass is 16.5. The number of rotatable bonds is 7. The van der Waals surface area contributed by atoms with Crippen LogP contribution in [0.25, 0.3) is 0 Å². The molecule has 3 aromatic rings. The average Bonchev–Trinajstić information content (AvgIpc) is 2.72. The fourth-order valence-electron chi connectivity index (χ4n) is 3.10. The van der Waals surface area contributed by atoms with E-state index in [0.29, 0.717) is 13.0 Å². The molecule has 2 aromatic carbocycles. The number of ether oxygens (including phenoxy) is 1. The minimum atomic E-state index is -0.00403. The molecule has 0 fully saturated rings. The Labute approximate surface area is 160 Å². The second-order valence-electron chi connectivity index (χ2n) is 6.52. The molecular weight excluding hydrogens is 336 g/mol. The molecule has 27 heavy (non-hydrogen) atoms. The summed E-state index contributed by atoms with van der Waals surface area (Å²) in [5, 5.41) is 3.04.